The normalized spacial score (nSPS) is 17.1. The van der Waals surface area contributed by atoms with Crippen molar-refractivity contribution in [2.75, 3.05) is 13.1 Å². The fraction of sp³-hybridized carbons (Fsp3) is 0.391. The lowest BCUT2D eigenvalue weighted by Crippen LogP contribution is -2.33. The highest BCUT2D eigenvalue weighted by Crippen LogP contribution is 2.28. The van der Waals surface area contributed by atoms with Gasteiger partial charge in [-0.15, -0.1) is 0 Å². The van der Waals surface area contributed by atoms with Gasteiger partial charge in [-0.3, -0.25) is 9.89 Å². The molecule has 0 spiro atoms. The van der Waals surface area contributed by atoms with E-state index >= 15 is 0 Å². The van der Waals surface area contributed by atoms with Gasteiger partial charge >= 0.3 is 5.63 Å². The summed E-state index contributed by atoms with van der Waals surface area (Å²) >= 11 is 6.62. The Morgan fingerprint density at radius 3 is 2.97 bits per heavy atom. The minimum atomic E-state index is -0.371. The van der Waals surface area contributed by atoms with Gasteiger partial charge < -0.3 is 4.42 Å². The monoisotopic (exact) mass is 422 g/mol. The zero-order valence-electron chi connectivity index (χ0n) is 16.9. The van der Waals surface area contributed by atoms with E-state index in [0.29, 0.717) is 29.3 Å². The molecule has 0 aliphatic carbocycles. The van der Waals surface area contributed by atoms with Crippen molar-refractivity contribution in [2.24, 2.45) is 4.99 Å². The number of nitrogens with zero attached hydrogens (tertiary/aromatic N) is 4. The van der Waals surface area contributed by atoms with Crippen molar-refractivity contribution < 1.29 is 4.42 Å². The van der Waals surface area contributed by atoms with Crippen molar-refractivity contribution in [2.45, 2.75) is 45.7 Å². The maximum Gasteiger partial charge on any atom is 0.342 e. The summed E-state index contributed by atoms with van der Waals surface area (Å²) in [5.41, 5.74) is 4.94. The molecule has 0 amide bonds. The lowest BCUT2D eigenvalue weighted by molar-refractivity contribution is 0.240. The number of aryl methyl sites for hydroxylation is 1. The van der Waals surface area contributed by atoms with Crippen molar-refractivity contribution in [3.8, 4) is 0 Å². The van der Waals surface area contributed by atoms with Crippen LogP contribution in [0.5, 0.6) is 0 Å². The first-order chi connectivity index (χ1) is 14.6. The van der Waals surface area contributed by atoms with Crippen LogP contribution in [0.25, 0.3) is 11.0 Å². The summed E-state index contributed by atoms with van der Waals surface area (Å²) in [6.45, 7) is 4.80. The van der Waals surface area contributed by atoms with E-state index in [-0.39, 0.29) is 5.63 Å². The highest BCUT2D eigenvalue weighted by atomic mass is 35.5. The standard InChI is InChI=1S/C23H23ClN4O2/c1-14-5-6-20-16(10-14)21(24)17(23(29)30-20)13-28-9-7-18-15(12-28)11-26-22(27-18)19-4-2-3-8-25-19/h5-6,10-11H,2-4,7-9,12-13H2,1H3. The molecule has 0 bridgehead atoms. The molecule has 3 aromatic rings. The van der Waals surface area contributed by atoms with E-state index in [1.807, 2.05) is 25.3 Å². The van der Waals surface area contributed by atoms with Crippen molar-refractivity contribution in [3.05, 3.63) is 68.0 Å². The average molecular weight is 423 g/mol. The number of aliphatic imine (C=N–C) groups is 1. The van der Waals surface area contributed by atoms with Gasteiger partial charge in [-0.25, -0.2) is 14.8 Å². The maximum absolute atomic E-state index is 12.6. The molecule has 0 saturated heterocycles. The summed E-state index contributed by atoms with van der Waals surface area (Å²) in [5.74, 6) is 0.774. The largest absolute Gasteiger partial charge is 0.422 e. The predicted octanol–water partition coefficient (Wildman–Crippen LogP) is 4.08. The zero-order valence-corrected chi connectivity index (χ0v) is 17.7. The van der Waals surface area contributed by atoms with Crippen molar-refractivity contribution in [1.82, 2.24) is 14.9 Å². The highest BCUT2D eigenvalue weighted by molar-refractivity contribution is 6.36. The fourth-order valence-corrected chi connectivity index (χ4v) is 4.49. The van der Waals surface area contributed by atoms with Gasteiger partial charge in [0.15, 0.2) is 5.82 Å². The fourth-order valence-electron chi connectivity index (χ4n) is 4.20. The Labute approximate surface area is 179 Å². The molecular formula is C23H23ClN4O2. The number of rotatable bonds is 3. The smallest absolute Gasteiger partial charge is 0.342 e. The first kappa shape index (κ1) is 19.4. The van der Waals surface area contributed by atoms with E-state index in [1.54, 1.807) is 6.07 Å². The molecule has 0 radical (unpaired) electrons. The third-order valence-corrected chi connectivity index (χ3v) is 6.29. The molecule has 6 nitrogen and oxygen atoms in total. The second kappa shape index (κ2) is 7.93. The minimum Gasteiger partial charge on any atom is -0.422 e. The van der Waals surface area contributed by atoms with Gasteiger partial charge in [0.05, 0.1) is 22.0 Å². The van der Waals surface area contributed by atoms with Crippen LogP contribution in [0.3, 0.4) is 0 Å². The van der Waals surface area contributed by atoms with Crippen LogP contribution in [0.2, 0.25) is 5.02 Å². The lowest BCUT2D eigenvalue weighted by atomic mass is 10.0. The van der Waals surface area contributed by atoms with E-state index in [4.69, 9.17) is 21.0 Å². The van der Waals surface area contributed by atoms with Crippen molar-refractivity contribution >= 4 is 28.3 Å². The number of aromatic nitrogens is 2. The number of hydrogen-bond acceptors (Lipinski definition) is 6. The molecule has 154 valence electrons. The molecule has 5 rings (SSSR count). The molecule has 2 aromatic heterocycles. The van der Waals surface area contributed by atoms with E-state index in [1.165, 1.54) is 0 Å². The number of benzene rings is 1. The minimum absolute atomic E-state index is 0.371. The maximum atomic E-state index is 12.6. The summed E-state index contributed by atoms with van der Waals surface area (Å²) in [5, 5.41) is 1.27. The van der Waals surface area contributed by atoms with Gasteiger partial charge in [-0.1, -0.05) is 23.2 Å². The highest BCUT2D eigenvalue weighted by Gasteiger charge is 2.23. The van der Waals surface area contributed by atoms with Gasteiger partial charge in [0.2, 0.25) is 0 Å². The molecule has 0 fully saturated rings. The topological polar surface area (TPSA) is 71.6 Å². The summed E-state index contributed by atoms with van der Waals surface area (Å²) in [6.07, 6.45) is 5.99. The van der Waals surface area contributed by atoms with Crippen molar-refractivity contribution in [1.29, 1.82) is 0 Å². The molecule has 1 aromatic carbocycles. The second-order valence-electron chi connectivity index (χ2n) is 8.09. The van der Waals surface area contributed by atoms with Gasteiger partial charge in [0.25, 0.3) is 0 Å². The number of fused-ring (bicyclic) bond motifs is 2. The Morgan fingerprint density at radius 2 is 2.13 bits per heavy atom. The summed E-state index contributed by atoms with van der Waals surface area (Å²) in [7, 11) is 0. The Morgan fingerprint density at radius 1 is 1.23 bits per heavy atom. The Kier molecular flexibility index (Phi) is 5.13. The Hall–Kier alpha value is -2.57. The zero-order chi connectivity index (χ0) is 20.7. The quantitative estimate of drug-likeness (QED) is 0.595. The summed E-state index contributed by atoms with van der Waals surface area (Å²) in [6, 6.07) is 5.67. The van der Waals surface area contributed by atoms with Crippen LogP contribution in [0.1, 0.15) is 47.5 Å². The second-order valence-corrected chi connectivity index (χ2v) is 8.47. The third kappa shape index (κ3) is 3.66. The summed E-state index contributed by atoms with van der Waals surface area (Å²) in [4.78, 5) is 28.7. The molecule has 2 aliphatic rings. The SMILES string of the molecule is Cc1ccc2oc(=O)c(CN3CCc4nc(C5=NCCCC5)ncc4C3)c(Cl)c2c1. The van der Waals surface area contributed by atoms with E-state index < -0.39 is 0 Å². The molecule has 0 saturated carbocycles. The van der Waals surface area contributed by atoms with Gasteiger partial charge in [-0.05, 0) is 38.3 Å². The van der Waals surface area contributed by atoms with Crippen LogP contribution in [-0.2, 0) is 19.5 Å². The molecule has 2 aliphatic heterocycles. The van der Waals surface area contributed by atoms with Crippen LogP contribution >= 0.6 is 11.6 Å². The van der Waals surface area contributed by atoms with Crippen LogP contribution < -0.4 is 5.63 Å². The molecule has 0 atom stereocenters. The third-order valence-electron chi connectivity index (χ3n) is 5.86. The van der Waals surface area contributed by atoms with Gasteiger partial charge in [0.1, 0.15) is 5.58 Å². The molecule has 30 heavy (non-hydrogen) atoms. The number of hydrogen-bond donors (Lipinski definition) is 0. The Balaban J connectivity index is 1.39. The Bertz CT molecular complexity index is 1220. The van der Waals surface area contributed by atoms with E-state index in [9.17, 15) is 4.79 Å². The van der Waals surface area contributed by atoms with Crippen LogP contribution in [0.15, 0.2) is 38.6 Å². The van der Waals surface area contributed by atoms with Crippen LogP contribution in [-0.4, -0.2) is 33.7 Å². The van der Waals surface area contributed by atoms with E-state index in [0.717, 1.165) is 72.5 Å². The summed E-state index contributed by atoms with van der Waals surface area (Å²) < 4.78 is 5.52. The van der Waals surface area contributed by atoms with Crippen molar-refractivity contribution in [3.63, 3.8) is 0 Å². The lowest BCUT2D eigenvalue weighted by Gasteiger charge is -2.28. The number of halogens is 1. The molecule has 0 N–H and O–H groups in total. The first-order valence-electron chi connectivity index (χ1n) is 10.4. The van der Waals surface area contributed by atoms with Crippen LogP contribution in [0, 0.1) is 6.92 Å². The van der Waals surface area contributed by atoms with Crippen LogP contribution in [0.4, 0.5) is 0 Å². The predicted molar refractivity (Wildman–Crippen MR) is 117 cm³/mol. The van der Waals surface area contributed by atoms with Gasteiger partial charge in [-0.2, -0.15) is 0 Å². The molecule has 4 heterocycles. The molecular weight excluding hydrogens is 400 g/mol. The van der Waals surface area contributed by atoms with Gasteiger partial charge in [0, 0.05) is 49.7 Å². The molecule has 0 unspecified atom stereocenters. The first-order valence-corrected chi connectivity index (χ1v) is 10.8. The molecule has 7 heteroatoms. The average Bonchev–Trinajstić information content (AvgIpc) is 2.77. The van der Waals surface area contributed by atoms with E-state index in [2.05, 4.69) is 14.9 Å².